The van der Waals surface area contributed by atoms with Gasteiger partial charge in [0.05, 0.1) is 13.2 Å². The molecule has 0 aliphatic heterocycles. The summed E-state index contributed by atoms with van der Waals surface area (Å²) in [6, 6.07) is 19.2. The highest BCUT2D eigenvalue weighted by Gasteiger charge is 2.15. The van der Waals surface area contributed by atoms with Crippen LogP contribution in [0.2, 0.25) is 0 Å². The third-order valence-electron chi connectivity index (χ3n) is 4.69. The van der Waals surface area contributed by atoms with Crippen LogP contribution in [-0.2, 0) is 13.0 Å². The molecule has 28 heavy (non-hydrogen) atoms. The Balaban J connectivity index is 1.46. The van der Waals surface area contributed by atoms with E-state index in [1.54, 1.807) is 29.8 Å². The number of aromatic nitrogens is 1. The Labute approximate surface area is 173 Å². The minimum absolute atomic E-state index is 0.225. The topological polar surface area (TPSA) is 34.1 Å². The van der Waals surface area contributed by atoms with Gasteiger partial charge in [-0.25, -0.2) is 4.98 Å². The second kappa shape index (κ2) is 9.15. The highest BCUT2D eigenvalue weighted by Crippen LogP contribution is 2.29. The predicted octanol–water partition coefficient (Wildman–Crippen LogP) is 5.95. The molecule has 2 aromatic heterocycles. The van der Waals surface area contributed by atoms with Crippen LogP contribution in [0.15, 0.2) is 76.9 Å². The van der Waals surface area contributed by atoms with Gasteiger partial charge in [0.15, 0.2) is 0 Å². The first-order valence-corrected chi connectivity index (χ1v) is 11.0. The zero-order valence-corrected chi connectivity index (χ0v) is 17.3. The zero-order valence-electron chi connectivity index (χ0n) is 15.7. The molecule has 0 saturated heterocycles. The maximum atomic E-state index is 5.48. The van der Waals surface area contributed by atoms with Gasteiger partial charge in [-0.15, -0.1) is 11.3 Å². The summed E-state index contributed by atoms with van der Waals surface area (Å²) in [6.45, 7) is 0.806. The summed E-state index contributed by atoms with van der Waals surface area (Å²) in [5, 5.41) is 11.2. The van der Waals surface area contributed by atoms with Crippen LogP contribution in [-0.4, -0.2) is 12.1 Å². The van der Waals surface area contributed by atoms with Crippen LogP contribution in [0.5, 0.6) is 5.75 Å². The van der Waals surface area contributed by atoms with Crippen molar-refractivity contribution in [1.82, 2.24) is 10.3 Å². The van der Waals surface area contributed by atoms with Gasteiger partial charge in [-0.05, 0) is 46.0 Å². The molecule has 3 nitrogen and oxygen atoms in total. The van der Waals surface area contributed by atoms with Crippen LogP contribution < -0.4 is 10.1 Å². The SMILES string of the molecule is COc1ccccc1-c1ccc(CN[C@H](Cc2ccsc2)c2nccs2)cc1. The van der Waals surface area contributed by atoms with Gasteiger partial charge in [-0.3, -0.25) is 0 Å². The van der Waals surface area contributed by atoms with Crippen LogP contribution in [0.25, 0.3) is 11.1 Å². The smallest absolute Gasteiger partial charge is 0.126 e. The molecule has 1 N–H and O–H groups in total. The number of rotatable bonds is 8. The molecule has 0 bridgehead atoms. The molecule has 2 aromatic carbocycles. The van der Waals surface area contributed by atoms with Crippen molar-refractivity contribution in [3.05, 3.63) is 93.1 Å². The molecule has 4 rings (SSSR count). The summed E-state index contributed by atoms with van der Waals surface area (Å²) < 4.78 is 5.48. The quantitative estimate of drug-likeness (QED) is 0.392. The highest BCUT2D eigenvalue weighted by atomic mass is 32.1. The molecule has 142 valence electrons. The normalized spacial score (nSPS) is 12.0. The van der Waals surface area contributed by atoms with E-state index in [-0.39, 0.29) is 6.04 Å². The molecule has 4 aromatic rings. The van der Waals surface area contributed by atoms with Crippen molar-refractivity contribution in [2.45, 2.75) is 19.0 Å². The Kier molecular flexibility index (Phi) is 6.17. The van der Waals surface area contributed by atoms with E-state index < -0.39 is 0 Å². The van der Waals surface area contributed by atoms with E-state index in [1.165, 1.54) is 11.1 Å². The number of ether oxygens (including phenoxy) is 1. The van der Waals surface area contributed by atoms with Crippen LogP contribution in [0.1, 0.15) is 22.2 Å². The van der Waals surface area contributed by atoms with Gasteiger partial charge in [0.2, 0.25) is 0 Å². The monoisotopic (exact) mass is 406 g/mol. The highest BCUT2D eigenvalue weighted by molar-refractivity contribution is 7.09. The number of nitrogens with one attached hydrogen (secondary N) is 1. The lowest BCUT2D eigenvalue weighted by Crippen LogP contribution is -2.22. The minimum Gasteiger partial charge on any atom is -0.496 e. The number of hydrogen-bond donors (Lipinski definition) is 1. The summed E-state index contributed by atoms with van der Waals surface area (Å²) in [5.74, 6) is 0.896. The Morgan fingerprint density at radius 3 is 2.57 bits per heavy atom. The first-order chi connectivity index (χ1) is 13.8. The fourth-order valence-electron chi connectivity index (χ4n) is 3.22. The molecule has 0 spiro atoms. The number of thiophene rings is 1. The molecule has 0 aliphatic rings. The summed E-state index contributed by atoms with van der Waals surface area (Å²) in [5.41, 5.74) is 4.88. The number of para-hydroxylation sites is 1. The van der Waals surface area contributed by atoms with E-state index in [2.05, 4.69) is 57.5 Å². The lowest BCUT2D eigenvalue weighted by Gasteiger charge is -2.16. The van der Waals surface area contributed by atoms with Crippen LogP contribution in [0, 0.1) is 0 Å². The molecule has 0 aliphatic carbocycles. The molecule has 2 heterocycles. The number of benzene rings is 2. The van der Waals surface area contributed by atoms with Gasteiger partial charge in [0.25, 0.3) is 0 Å². The van der Waals surface area contributed by atoms with Crippen LogP contribution >= 0.6 is 22.7 Å². The van der Waals surface area contributed by atoms with Crippen molar-refractivity contribution in [3.8, 4) is 16.9 Å². The summed E-state index contributed by atoms with van der Waals surface area (Å²) in [4.78, 5) is 4.53. The van der Waals surface area contributed by atoms with Crippen LogP contribution in [0.4, 0.5) is 0 Å². The molecule has 0 amide bonds. The number of nitrogens with zero attached hydrogens (tertiary/aromatic N) is 1. The van der Waals surface area contributed by atoms with E-state index in [4.69, 9.17) is 4.74 Å². The standard InChI is InChI=1S/C23H22N2OS2/c1-26-22-5-3-2-4-20(22)19-8-6-17(7-9-19)15-25-21(23-24-11-13-28-23)14-18-10-12-27-16-18/h2-13,16,21,25H,14-15H2,1H3/t21-/m1/s1. The van der Waals surface area contributed by atoms with Crippen molar-refractivity contribution in [1.29, 1.82) is 0 Å². The summed E-state index contributed by atoms with van der Waals surface area (Å²) in [7, 11) is 1.71. The average Bonchev–Trinajstić information content (AvgIpc) is 3.45. The number of hydrogen-bond acceptors (Lipinski definition) is 5. The van der Waals surface area contributed by atoms with E-state index >= 15 is 0 Å². The Morgan fingerprint density at radius 1 is 1.00 bits per heavy atom. The molecular formula is C23H22N2OS2. The van der Waals surface area contributed by atoms with Crippen molar-refractivity contribution in [2.75, 3.05) is 7.11 Å². The van der Waals surface area contributed by atoms with Crippen molar-refractivity contribution >= 4 is 22.7 Å². The Hall–Kier alpha value is -2.47. The van der Waals surface area contributed by atoms with Gasteiger partial charge >= 0.3 is 0 Å². The average molecular weight is 407 g/mol. The predicted molar refractivity (Wildman–Crippen MR) is 118 cm³/mol. The van der Waals surface area contributed by atoms with E-state index in [0.29, 0.717) is 0 Å². The molecule has 5 heteroatoms. The molecular weight excluding hydrogens is 384 g/mol. The maximum Gasteiger partial charge on any atom is 0.126 e. The van der Waals surface area contributed by atoms with E-state index in [0.717, 1.165) is 34.8 Å². The maximum absolute atomic E-state index is 5.48. The molecule has 0 fully saturated rings. The third kappa shape index (κ3) is 4.50. The fourth-order valence-corrected chi connectivity index (χ4v) is 4.62. The first-order valence-electron chi connectivity index (χ1n) is 9.19. The van der Waals surface area contributed by atoms with Gasteiger partial charge in [-0.1, -0.05) is 42.5 Å². The lowest BCUT2D eigenvalue weighted by atomic mass is 10.0. The van der Waals surface area contributed by atoms with Gasteiger partial charge in [0, 0.05) is 23.7 Å². The summed E-state index contributed by atoms with van der Waals surface area (Å²) >= 11 is 3.45. The third-order valence-corrected chi connectivity index (χ3v) is 6.32. The van der Waals surface area contributed by atoms with Crippen molar-refractivity contribution in [3.63, 3.8) is 0 Å². The molecule has 0 radical (unpaired) electrons. The first kappa shape index (κ1) is 18.9. The Morgan fingerprint density at radius 2 is 1.86 bits per heavy atom. The molecule has 0 unspecified atom stereocenters. The van der Waals surface area contributed by atoms with Crippen LogP contribution in [0.3, 0.4) is 0 Å². The largest absolute Gasteiger partial charge is 0.496 e. The minimum atomic E-state index is 0.225. The van der Waals surface area contributed by atoms with Gasteiger partial charge < -0.3 is 10.1 Å². The second-order valence-corrected chi connectivity index (χ2v) is 8.24. The number of thiazole rings is 1. The summed E-state index contributed by atoms with van der Waals surface area (Å²) in [6.07, 6.45) is 2.83. The Bertz CT molecular complexity index is 980. The molecule has 1 atom stereocenters. The van der Waals surface area contributed by atoms with Crippen molar-refractivity contribution in [2.24, 2.45) is 0 Å². The lowest BCUT2D eigenvalue weighted by molar-refractivity contribution is 0.416. The van der Waals surface area contributed by atoms with E-state index in [9.17, 15) is 0 Å². The van der Waals surface area contributed by atoms with Gasteiger partial charge in [0.1, 0.15) is 10.8 Å². The van der Waals surface area contributed by atoms with Crippen molar-refractivity contribution < 1.29 is 4.74 Å². The zero-order chi connectivity index (χ0) is 19.2. The van der Waals surface area contributed by atoms with E-state index in [1.807, 2.05) is 29.8 Å². The second-order valence-electron chi connectivity index (χ2n) is 6.54. The fraction of sp³-hybridized carbons (Fsp3) is 0.174. The molecule has 0 saturated carbocycles. The van der Waals surface area contributed by atoms with Gasteiger partial charge in [-0.2, -0.15) is 11.3 Å². The number of methoxy groups -OCH3 is 1.